The van der Waals surface area contributed by atoms with Crippen LogP contribution in [0.25, 0.3) is 0 Å². The van der Waals surface area contributed by atoms with Crippen LogP contribution < -0.4 is 9.47 Å². The SMILES string of the molecule is FCOc1ccc(CCN2CCCCC2)cc1OCF. The second kappa shape index (κ2) is 8.04. The van der Waals surface area contributed by atoms with Gasteiger partial charge in [-0.2, -0.15) is 0 Å². The highest BCUT2D eigenvalue weighted by molar-refractivity contribution is 5.43. The minimum atomic E-state index is -0.949. The van der Waals surface area contributed by atoms with Gasteiger partial charge in [-0.15, -0.1) is 0 Å². The van der Waals surface area contributed by atoms with Crippen LogP contribution in [0.5, 0.6) is 11.5 Å². The normalized spacial score (nSPS) is 16.1. The number of ether oxygens (including phenoxy) is 2. The number of nitrogens with zero attached hydrogens (tertiary/aromatic N) is 1. The number of halogens is 2. The maximum atomic E-state index is 12.3. The molecule has 0 spiro atoms. The van der Waals surface area contributed by atoms with Gasteiger partial charge in [0.15, 0.2) is 11.5 Å². The van der Waals surface area contributed by atoms with E-state index in [0.717, 1.165) is 31.6 Å². The van der Waals surface area contributed by atoms with E-state index in [2.05, 4.69) is 4.90 Å². The Kier molecular flexibility index (Phi) is 6.05. The number of hydrogen-bond donors (Lipinski definition) is 0. The second-order valence-electron chi connectivity index (χ2n) is 4.94. The molecule has 3 nitrogen and oxygen atoms in total. The Hall–Kier alpha value is -1.36. The minimum absolute atomic E-state index is 0.242. The topological polar surface area (TPSA) is 21.7 Å². The predicted molar refractivity (Wildman–Crippen MR) is 73.6 cm³/mol. The van der Waals surface area contributed by atoms with E-state index >= 15 is 0 Å². The fraction of sp³-hybridized carbons (Fsp3) is 0.600. The molecule has 1 saturated heterocycles. The van der Waals surface area contributed by atoms with Gasteiger partial charge in [0.1, 0.15) is 0 Å². The van der Waals surface area contributed by atoms with Crippen LogP contribution in [-0.2, 0) is 6.42 Å². The van der Waals surface area contributed by atoms with Crippen LogP contribution >= 0.6 is 0 Å². The summed E-state index contributed by atoms with van der Waals surface area (Å²) in [6, 6.07) is 5.24. The van der Waals surface area contributed by atoms with Crippen LogP contribution in [0.4, 0.5) is 8.78 Å². The summed E-state index contributed by atoms with van der Waals surface area (Å²) in [7, 11) is 0. The first-order chi connectivity index (χ1) is 9.83. The average molecular weight is 285 g/mol. The Balaban J connectivity index is 1.94. The average Bonchev–Trinajstić information content (AvgIpc) is 2.49. The van der Waals surface area contributed by atoms with E-state index in [1.54, 1.807) is 12.1 Å². The van der Waals surface area contributed by atoms with Crippen molar-refractivity contribution in [1.82, 2.24) is 4.90 Å². The molecule has 0 aliphatic carbocycles. The zero-order valence-corrected chi connectivity index (χ0v) is 11.6. The number of likely N-dealkylation sites (tertiary alicyclic amines) is 1. The molecule has 1 aliphatic heterocycles. The molecular formula is C15H21F2NO2. The van der Waals surface area contributed by atoms with Gasteiger partial charge in [-0.25, -0.2) is 8.78 Å². The molecule has 5 heteroatoms. The van der Waals surface area contributed by atoms with Crippen molar-refractivity contribution in [2.24, 2.45) is 0 Å². The summed E-state index contributed by atoms with van der Waals surface area (Å²) in [5.41, 5.74) is 1.05. The van der Waals surface area contributed by atoms with E-state index in [1.807, 2.05) is 6.07 Å². The third-order valence-electron chi connectivity index (χ3n) is 3.59. The molecule has 0 aromatic heterocycles. The summed E-state index contributed by atoms with van der Waals surface area (Å²) in [4.78, 5) is 2.44. The molecule has 0 radical (unpaired) electrons. The lowest BCUT2D eigenvalue weighted by Crippen LogP contribution is -2.31. The lowest BCUT2D eigenvalue weighted by atomic mass is 10.1. The maximum Gasteiger partial charge on any atom is 0.228 e. The highest BCUT2D eigenvalue weighted by Crippen LogP contribution is 2.29. The molecule has 1 aromatic carbocycles. The first-order valence-electron chi connectivity index (χ1n) is 7.06. The quantitative estimate of drug-likeness (QED) is 0.767. The van der Waals surface area contributed by atoms with E-state index in [4.69, 9.17) is 9.47 Å². The van der Waals surface area contributed by atoms with E-state index in [1.165, 1.54) is 19.3 Å². The first-order valence-corrected chi connectivity index (χ1v) is 7.06. The van der Waals surface area contributed by atoms with Gasteiger partial charge < -0.3 is 14.4 Å². The third kappa shape index (κ3) is 4.34. The molecular weight excluding hydrogens is 264 g/mol. The van der Waals surface area contributed by atoms with Crippen molar-refractivity contribution < 1.29 is 18.3 Å². The van der Waals surface area contributed by atoms with Gasteiger partial charge in [-0.1, -0.05) is 12.5 Å². The molecule has 0 N–H and O–H groups in total. The van der Waals surface area contributed by atoms with Gasteiger partial charge in [-0.3, -0.25) is 0 Å². The summed E-state index contributed by atoms with van der Waals surface area (Å²) >= 11 is 0. The van der Waals surface area contributed by atoms with Crippen molar-refractivity contribution in [3.05, 3.63) is 23.8 Å². The van der Waals surface area contributed by atoms with E-state index in [9.17, 15) is 8.78 Å². The number of hydrogen-bond acceptors (Lipinski definition) is 3. The van der Waals surface area contributed by atoms with Gasteiger partial charge in [0.2, 0.25) is 13.7 Å². The standard InChI is InChI=1S/C15H21F2NO2/c16-11-19-14-5-4-13(10-15(14)20-12-17)6-9-18-7-2-1-3-8-18/h4-5,10H,1-3,6-9,11-12H2. The van der Waals surface area contributed by atoms with Gasteiger partial charge >= 0.3 is 0 Å². The third-order valence-corrected chi connectivity index (χ3v) is 3.59. The summed E-state index contributed by atoms with van der Waals surface area (Å²) in [6.45, 7) is 1.39. The molecule has 0 saturated carbocycles. The van der Waals surface area contributed by atoms with Crippen LogP contribution in [0.1, 0.15) is 24.8 Å². The van der Waals surface area contributed by atoms with Crippen LogP contribution in [0.2, 0.25) is 0 Å². The van der Waals surface area contributed by atoms with Crippen molar-refractivity contribution in [2.45, 2.75) is 25.7 Å². The van der Waals surface area contributed by atoms with Crippen LogP contribution in [-0.4, -0.2) is 38.3 Å². The van der Waals surface area contributed by atoms with Gasteiger partial charge in [0, 0.05) is 6.54 Å². The Labute approximate surface area is 118 Å². The molecule has 1 aliphatic rings. The molecule has 0 atom stereocenters. The molecule has 112 valence electrons. The van der Waals surface area contributed by atoms with Crippen LogP contribution in [0.3, 0.4) is 0 Å². The zero-order valence-electron chi connectivity index (χ0n) is 11.6. The van der Waals surface area contributed by atoms with E-state index in [0.29, 0.717) is 0 Å². The number of rotatable bonds is 7. The molecule has 0 bridgehead atoms. The molecule has 20 heavy (non-hydrogen) atoms. The number of piperidine rings is 1. The van der Waals surface area contributed by atoms with Gasteiger partial charge in [0.25, 0.3) is 0 Å². The Morgan fingerprint density at radius 2 is 1.65 bits per heavy atom. The largest absolute Gasteiger partial charge is 0.459 e. The van der Waals surface area contributed by atoms with E-state index < -0.39 is 13.7 Å². The summed E-state index contributed by atoms with van der Waals surface area (Å²) in [5, 5.41) is 0. The summed E-state index contributed by atoms with van der Waals surface area (Å²) in [5.74, 6) is 0.508. The van der Waals surface area contributed by atoms with Crippen molar-refractivity contribution in [3.63, 3.8) is 0 Å². The minimum Gasteiger partial charge on any atom is -0.459 e. The van der Waals surface area contributed by atoms with Crippen molar-refractivity contribution >= 4 is 0 Å². The molecule has 0 unspecified atom stereocenters. The van der Waals surface area contributed by atoms with Crippen LogP contribution in [0, 0.1) is 0 Å². The van der Waals surface area contributed by atoms with E-state index in [-0.39, 0.29) is 11.5 Å². The monoisotopic (exact) mass is 285 g/mol. The van der Waals surface area contributed by atoms with Crippen molar-refractivity contribution in [1.29, 1.82) is 0 Å². The Morgan fingerprint density at radius 1 is 0.950 bits per heavy atom. The van der Waals surface area contributed by atoms with Gasteiger partial charge in [-0.05, 0) is 50.0 Å². The summed E-state index contributed by atoms with van der Waals surface area (Å²) < 4.78 is 34.2. The number of benzene rings is 1. The maximum absolute atomic E-state index is 12.3. The van der Waals surface area contributed by atoms with Crippen molar-refractivity contribution in [3.8, 4) is 11.5 Å². The highest BCUT2D eigenvalue weighted by atomic mass is 19.1. The zero-order chi connectivity index (χ0) is 14.2. The predicted octanol–water partition coefficient (Wildman–Crippen LogP) is 3.33. The fourth-order valence-corrected chi connectivity index (χ4v) is 2.53. The lowest BCUT2D eigenvalue weighted by Gasteiger charge is -2.26. The fourth-order valence-electron chi connectivity index (χ4n) is 2.53. The molecule has 0 amide bonds. The lowest BCUT2D eigenvalue weighted by molar-refractivity contribution is 0.157. The second-order valence-corrected chi connectivity index (χ2v) is 4.94. The van der Waals surface area contributed by atoms with Crippen LogP contribution in [0.15, 0.2) is 18.2 Å². The summed E-state index contributed by atoms with van der Waals surface area (Å²) in [6.07, 6.45) is 4.72. The molecule has 1 fully saturated rings. The Bertz CT molecular complexity index is 409. The molecule has 2 rings (SSSR count). The highest BCUT2D eigenvalue weighted by Gasteiger charge is 2.11. The smallest absolute Gasteiger partial charge is 0.228 e. The van der Waals surface area contributed by atoms with Crippen molar-refractivity contribution in [2.75, 3.05) is 33.4 Å². The molecule has 1 heterocycles. The van der Waals surface area contributed by atoms with Gasteiger partial charge in [0.05, 0.1) is 0 Å². The number of alkyl halides is 2. The molecule has 1 aromatic rings. The first kappa shape index (κ1) is 15.0. The Morgan fingerprint density at radius 3 is 2.35 bits per heavy atom.